The predicted molar refractivity (Wildman–Crippen MR) is 97.2 cm³/mol. The lowest BCUT2D eigenvalue weighted by Crippen LogP contribution is -1.94. The molecule has 0 radical (unpaired) electrons. The summed E-state index contributed by atoms with van der Waals surface area (Å²) in [6.45, 7) is 0. The van der Waals surface area contributed by atoms with Crippen molar-refractivity contribution in [3.05, 3.63) is 77.3 Å². The van der Waals surface area contributed by atoms with E-state index in [2.05, 4.69) is 91.6 Å². The number of aromatic nitrogens is 3. The Labute approximate surface area is 140 Å². The third-order valence-corrected chi connectivity index (χ3v) is 4.67. The van der Waals surface area contributed by atoms with Gasteiger partial charge >= 0.3 is 0 Å². The quantitative estimate of drug-likeness (QED) is 0.402. The Balaban J connectivity index is 2.04. The molecule has 0 aliphatic carbocycles. The number of hydrogen-bond acceptors (Lipinski definition) is 1. The fraction of sp³-hybridized carbons (Fsp3) is 0. The van der Waals surface area contributed by atoms with E-state index in [0.717, 1.165) is 38.0 Å². The summed E-state index contributed by atoms with van der Waals surface area (Å²) in [6, 6.07) is 25.0. The van der Waals surface area contributed by atoms with E-state index < -0.39 is 0 Å². The molecule has 3 aromatic carbocycles. The first kappa shape index (κ1) is 12.9. The Morgan fingerprint density at radius 2 is 1.48 bits per heavy atom. The van der Waals surface area contributed by atoms with Crippen molar-refractivity contribution < 1.29 is 0 Å². The normalized spacial score (nSPS) is 11.7. The lowest BCUT2D eigenvalue weighted by atomic mass is 10.2. The van der Waals surface area contributed by atoms with Crippen LogP contribution in [0.25, 0.3) is 33.5 Å². The number of nitrogens with zero attached hydrogens (tertiary/aromatic N) is 3. The molecule has 0 spiro atoms. The summed E-state index contributed by atoms with van der Waals surface area (Å²) in [5.74, 6) is 0.936. The number of halogens is 1. The average Bonchev–Trinajstić information content (AvgIpc) is 3.09. The molecule has 4 heteroatoms. The van der Waals surface area contributed by atoms with Crippen LogP contribution in [0.5, 0.6) is 0 Å². The molecule has 2 heterocycles. The number of imidazole rings is 2. The van der Waals surface area contributed by atoms with E-state index in [1.807, 2.05) is 6.07 Å². The second kappa shape index (κ2) is 4.70. The smallest absolute Gasteiger partial charge is 0.220 e. The minimum atomic E-state index is 0.936. The van der Waals surface area contributed by atoms with E-state index in [1.165, 1.54) is 0 Å². The van der Waals surface area contributed by atoms with Gasteiger partial charge in [-0.3, -0.25) is 8.97 Å². The van der Waals surface area contributed by atoms with Crippen LogP contribution in [0.2, 0.25) is 0 Å². The van der Waals surface area contributed by atoms with Crippen molar-refractivity contribution in [2.45, 2.75) is 0 Å². The van der Waals surface area contributed by atoms with Gasteiger partial charge in [-0.1, -0.05) is 46.3 Å². The SMILES string of the molecule is Brc1ccc2c(c1)nc1n(-c3ccccc3)c3ccccc3n21. The molecular weight excluding hydrogens is 350 g/mol. The molecule has 3 nitrogen and oxygen atoms in total. The number of benzene rings is 3. The summed E-state index contributed by atoms with van der Waals surface area (Å²) in [5.41, 5.74) is 5.55. The highest BCUT2D eigenvalue weighted by molar-refractivity contribution is 9.10. The molecule has 5 aromatic rings. The molecule has 0 aliphatic heterocycles. The molecule has 0 N–H and O–H groups in total. The van der Waals surface area contributed by atoms with E-state index in [4.69, 9.17) is 4.98 Å². The van der Waals surface area contributed by atoms with Crippen LogP contribution in [0, 0.1) is 0 Å². The largest absolute Gasteiger partial charge is 0.278 e. The molecule has 5 rings (SSSR count). The maximum atomic E-state index is 4.89. The number of fused-ring (bicyclic) bond motifs is 5. The molecule has 0 bridgehead atoms. The van der Waals surface area contributed by atoms with Crippen LogP contribution in [-0.2, 0) is 0 Å². The van der Waals surface area contributed by atoms with Crippen molar-refractivity contribution in [1.29, 1.82) is 0 Å². The Morgan fingerprint density at radius 1 is 0.739 bits per heavy atom. The topological polar surface area (TPSA) is 22.2 Å². The number of rotatable bonds is 1. The first-order valence-electron chi connectivity index (χ1n) is 7.45. The van der Waals surface area contributed by atoms with Gasteiger partial charge in [0.05, 0.1) is 22.1 Å². The van der Waals surface area contributed by atoms with Crippen molar-refractivity contribution in [3.8, 4) is 5.69 Å². The highest BCUT2D eigenvalue weighted by Crippen LogP contribution is 2.29. The Bertz CT molecular complexity index is 1170. The molecular formula is C19H12BrN3. The van der Waals surface area contributed by atoms with Gasteiger partial charge in [-0.15, -0.1) is 0 Å². The van der Waals surface area contributed by atoms with Crippen LogP contribution in [0.15, 0.2) is 77.3 Å². The van der Waals surface area contributed by atoms with Gasteiger partial charge in [0, 0.05) is 10.2 Å². The van der Waals surface area contributed by atoms with Crippen LogP contribution in [0.3, 0.4) is 0 Å². The molecule has 0 saturated carbocycles. The third kappa shape index (κ3) is 1.79. The van der Waals surface area contributed by atoms with Crippen LogP contribution in [-0.4, -0.2) is 14.0 Å². The van der Waals surface area contributed by atoms with Gasteiger partial charge in [0.15, 0.2) is 0 Å². The number of para-hydroxylation sites is 3. The second-order valence-electron chi connectivity index (χ2n) is 5.54. The molecule has 0 aliphatic rings. The lowest BCUT2D eigenvalue weighted by molar-refractivity contribution is 1.11. The molecule has 110 valence electrons. The standard InChI is InChI=1S/C19H12BrN3/c20-13-10-11-16-15(12-13)21-19-22(14-6-2-1-3-7-14)17-8-4-5-9-18(17)23(16)19/h1-12H. The zero-order valence-corrected chi connectivity index (χ0v) is 13.7. The molecule has 0 atom stereocenters. The van der Waals surface area contributed by atoms with E-state index in [1.54, 1.807) is 0 Å². The van der Waals surface area contributed by atoms with Crippen LogP contribution in [0.4, 0.5) is 0 Å². The van der Waals surface area contributed by atoms with E-state index in [-0.39, 0.29) is 0 Å². The highest BCUT2D eigenvalue weighted by atomic mass is 79.9. The number of hydrogen-bond donors (Lipinski definition) is 0. The summed E-state index contributed by atoms with van der Waals surface area (Å²) in [7, 11) is 0. The van der Waals surface area contributed by atoms with Crippen molar-refractivity contribution in [2.75, 3.05) is 0 Å². The maximum absolute atomic E-state index is 4.89. The van der Waals surface area contributed by atoms with Crippen LogP contribution < -0.4 is 0 Å². The molecule has 0 saturated heterocycles. The summed E-state index contributed by atoms with van der Waals surface area (Å²) in [4.78, 5) is 4.89. The van der Waals surface area contributed by atoms with Gasteiger partial charge in [0.1, 0.15) is 0 Å². The van der Waals surface area contributed by atoms with E-state index >= 15 is 0 Å². The van der Waals surface area contributed by atoms with Gasteiger partial charge in [0.25, 0.3) is 0 Å². The Morgan fingerprint density at radius 3 is 2.30 bits per heavy atom. The van der Waals surface area contributed by atoms with Crippen LogP contribution in [0.1, 0.15) is 0 Å². The van der Waals surface area contributed by atoms with Crippen LogP contribution >= 0.6 is 15.9 Å². The molecule has 0 amide bonds. The van der Waals surface area contributed by atoms with Gasteiger partial charge < -0.3 is 0 Å². The molecule has 0 fully saturated rings. The van der Waals surface area contributed by atoms with Crippen molar-refractivity contribution >= 4 is 43.8 Å². The van der Waals surface area contributed by atoms with E-state index in [9.17, 15) is 0 Å². The van der Waals surface area contributed by atoms with Crippen molar-refractivity contribution in [3.63, 3.8) is 0 Å². The third-order valence-electron chi connectivity index (χ3n) is 4.18. The first-order chi connectivity index (χ1) is 11.3. The first-order valence-corrected chi connectivity index (χ1v) is 8.25. The van der Waals surface area contributed by atoms with E-state index in [0.29, 0.717) is 0 Å². The molecule has 2 aromatic heterocycles. The van der Waals surface area contributed by atoms with Gasteiger partial charge in [-0.25, -0.2) is 4.98 Å². The highest BCUT2D eigenvalue weighted by Gasteiger charge is 2.16. The minimum Gasteiger partial charge on any atom is -0.278 e. The average molecular weight is 362 g/mol. The Hall–Kier alpha value is -2.59. The molecule has 23 heavy (non-hydrogen) atoms. The van der Waals surface area contributed by atoms with Gasteiger partial charge in [-0.05, 0) is 42.5 Å². The summed E-state index contributed by atoms with van der Waals surface area (Å²) >= 11 is 3.54. The summed E-state index contributed by atoms with van der Waals surface area (Å²) in [6.07, 6.45) is 0. The zero-order chi connectivity index (χ0) is 15.4. The summed E-state index contributed by atoms with van der Waals surface area (Å²) in [5, 5.41) is 0. The maximum Gasteiger partial charge on any atom is 0.220 e. The van der Waals surface area contributed by atoms with Crippen molar-refractivity contribution in [1.82, 2.24) is 14.0 Å². The predicted octanol–water partition coefficient (Wildman–Crippen LogP) is 5.19. The molecule has 0 unspecified atom stereocenters. The fourth-order valence-corrected chi connectivity index (χ4v) is 3.56. The van der Waals surface area contributed by atoms with Crippen molar-refractivity contribution in [2.24, 2.45) is 0 Å². The zero-order valence-electron chi connectivity index (χ0n) is 12.1. The second-order valence-corrected chi connectivity index (χ2v) is 6.46. The van der Waals surface area contributed by atoms with Gasteiger partial charge in [0.2, 0.25) is 5.78 Å². The minimum absolute atomic E-state index is 0.936. The Kier molecular flexibility index (Phi) is 2.64. The van der Waals surface area contributed by atoms with Gasteiger partial charge in [-0.2, -0.15) is 0 Å². The fourth-order valence-electron chi connectivity index (χ4n) is 3.21. The lowest BCUT2D eigenvalue weighted by Gasteiger charge is -2.04. The monoisotopic (exact) mass is 361 g/mol. The summed E-state index contributed by atoms with van der Waals surface area (Å²) < 4.78 is 5.48.